The highest BCUT2D eigenvalue weighted by Crippen LogP contribution is 2.19. The molecule has 4 N–H and O–H groups in total. The van der Waals surface area contributed by atoms with Gasteiger partial charge in [-0.3, -0.25) is 9.59 Å². The predicted octanol–water partition coefficient (Wildman–Crippen LogP) is 2.86. The number of nitrogens with one attached hydrogen (secondary N) is 2. The van der Waals surface area contributed by atoms with Crippen molar-refractivity contribution >= 4 is 38.5 Å². The summed E-state index contributed by atoms with van der Waals surface area (Å²) >= 11 is 0. The average Bonchev–Trinajstić information content (AvgIpc) is 2.94. The van der Waals surface area contributed by atoms with Crippen molar-refractivity contribution in [3.63, 3.8) is 0 Å². The topological polar surface area (TPSA) is 140 Å². The number of carbonyl (C=O) groups excluding carboxylic acids is 2. The number of fused-ring (bicyclic) bond motifs is 1. The van der Waals surface area contributed by atoms with Crippen LogP contribution in [-0.4, -0.2) is 44.5 Å². The average molecular weight is 543 g/mol. The van der Waals surface area contributed by atoms with Crippen LogP contribution in [0, 0.1) is 11.8 Å². The smallest absolute Gasteiger partial charge is 0.326 e. The lowest BCUT2D eigenvalue weighted by Gasteiger charge is -2.18. The van der Waals surface area contributed by atoms with Crippen molar-refractivity contribution in [1.29, 1.82) is 0 Å². The van der Waals surface area contributed by atoms with Gasteiger partial charge in [0.25, 0.3) is 5.91 Å². The Morgan fingerprint density at radius 2 is 1.67 bits per heavy atom. The fourth-order valence-electron chi connectivity index (χ4n) is 3.72. The summed E-state index contributed by atoms with van der Waals surface area (Å²) in [5, 5.41) is 4.41. The third-order valence-electron chi connectivity index (χ3n) is 5.62. The summed E-state index contributed by atoms with van der Waals surface area (Å²) < 4.78 is 32.7. The zero-order chi connectivity index (χ0) is 27.8. The van der Waals surface area contributed by atoms with E-state index in [0.29, 0.717) is 22.6 Å². The second-order valence-corrected chi connectivity index (χ2v) is 10.1. The van der Waals surface area contributed by atoms with Crippen LogP contribution in [0.25, 0.3) is 10.8 Å². The van der Waals surface area contributed by atoms with Gasteiger partial charge in [-0.2, -0.15) is 4.72 Å². The van der Waals surface area contributed by atoms with Gasteiger partial charge in [0.2, 0.25) is 10.0 Å². The molecule has 39 heavy (non-hydrogen) atoms. The molecule has 1 aromatic heterocycles. The van der Waals surface area contributed by atoms with Crippen LogP contribution in [0.4, 0.5) is 5.82 Å². The highest BCUT2D eigenvalue weighted by molar-refractivity contribution is 7.89. The maximum atomic E-state index is 12.7. The highest BCUT2D eigenvalue weighted by atomic mass is 32.2. The van der Waals surface area contributed by atoms with E-state index in [-0.39, 0.29) is 18.0 Å². The number of anilines is 1. The molecule has 1 heterocycles. The second-order valence-electron chi connectivity index (χ2n) is 8.39. The van der Waals surface area contributed by atoms with E-state index in [4.69, 9.17) is 10.5 Å². The second kappa shape index (κ2) is 12.2. The Kier molecular flexibility index (Phi) is 8.56. The van der Waals surface area contributed by atoms with E-state index in [0.717, 1.165) is 10.8 Å². The van der Waals surface area contributed by atoms with E-state index >= 15 is 0 Å². The molecule has 198 valence electrons. The first-order chi connectivity index (χ1) is 18.8. The van der Waals surface area contributed by atoms with Crippen molar-refractivity contribution in [2.75, 3.05) is 18.9 Å². The van der Waals surface area contributed by atoms with Crippen molar-refractivity contribution < 1.29 is 22.7 Å². The number of nitrogens with two attached hydrogens (primary N) is 1. The number of carbonyl (C=O) groups is 2. The third kappa shape index (κ3) is 6.98. The van der Waals surface area contributed by atoms with E-state index < -0.39 is 27.9 Å². The number of nitrogen functional groups attached to an aromatic ring is 1. The van der Waals surface area contributed by atoms with E-state index in [1.807, 2.05) is 24.3 Å². The Morgan fingerprint density at radius 3 is 2.38 bits per heavy atom. The lowest BCUT2D eigenvalue weighted by molar-refractivity contribution is -0.144. The zero-order valence-electron chi connectivity index (χ0n) is 21.0. The molecule has 0 saturated heterocycles. The van der Waals surface area contributed by atoms with Crippen LogP contribution in [0.15, 0.2) is 89.8 Å². The Bertz CT molecular complexity index is 1660. The molecule has 0 spiro atoms. The van der Waals surface area contributed by atoms with Crippen LogP contribution in [-0.2, 0) is 19.6 Å². The molecule has 4 rings (SSSR count). The van der Waals surface area contributed by atoms with Crippen LogP contribution >= 0.6 is 0 Å². The van der Waals surface area contributed by atoms with E-state index in [1.165, 1.54) is 12.1 Å². The van der Waals surface area contributed by atoms with Crippen LogP contribution in [0.2, 0.25) is 0 Å². The van der Waals surface area contributed by atoms with Crippen LogP contribution in [0.5, 0.6) is 0 Å². The molecule has 0 saturated carbocycles. The Hall–Kier alpha value is -4.72. The zero-order valence-corrected chi connectivity index (χ0v) is 21.9. The van der Waals surface area contributed by atoms with E-state index in [9.17, 15) is 18.0 Å². The number of benzene rings is 3. The molecule has 0 aliphatic heterocycles. The summed E-state index contributed by atoms with van der Waals surface area (Å²) in [7, 11) is -4.02. The first kappa shape index (κ1) is 27.3. The third-order valence-corrected chi connectivity index (χ3v) is 7.11. The highest BCUT2D eigenvalue weighted by Gasteiger charge is 2.27. The minimum Gasteiger partial charge on any atom is -0.465 e. The summed E-state index contributed by atoms with van der Waals surface area (Å²) in [6, 6.07) is 22.3. The normalized spacial score (nSPS) is 11.7. The summed E-state index contributed by atoms with van der Waals surface area (Å²) in [5.41, 5.74) is 7.42. The molecule has 0 bridgehead atoms. The first-order valence-electron chi connectivity index (χ1n) is 12.1. The number of amides is 1. The lowest BCUT2D eigenvalue weighted by atomic mass is 10.1. The summed E-state index contributed by atoms with van der Waals surface area (Å²) in [6.07, 6.45) is 0. The first-order valence-corrected chi connectivity index (χ1v) is 13.5. The van der Waals surface area contributed by atoms with Gasteiger partial charge in [-0.05, 0) is 60.7 Å². The monoisotopic (exact) mass is 542 g/mol. The van der Waals surface area contributed by atoms with Gasteiger partial charge < -0.3 is 15.8 Å². The molecule has 10 heteroatoms. The van der Waals surface area contributed by atoms with Gasteiger partial charge in [-0.25, -0.2) is 13.4 Å². The van der Waals surface area contributed by atoms with Crippen LogP contribution in [0.3, 0.4) is 0 Å². The minimum absolute atomic E-state index is 0.0105. The van der Waals surface area contributed by atoms with Gasteiger partial charge in [-0.15, -0.1) is 0 Å². The molecule has 9 nitrogen and oxygen atoms in total. The lowest BCUT2D eigenvalue weighted by Crippen LogP contribution is -2.49. The van der Waals surface area contributed by atoms with Gasteiger partial charge in [0.05, 0.1) is 11.5 Å². The minimum atomic E-state index is -4.02. The number of sulfonamides is 1. The molecule has 0 aliphatic carbocycles. The standard InChI is InChI=1S/C29H26N4O5S/c1-2-38-29(35)26(33-39(36,37)23-9-4-3-5-10-23)19-31-28(34)21-15-12-20(13-16-21)14-17-25-24-11-7-6-8-22(24)18-27(30)32-25/h3-13,15-16,18,26,33H,2,19H2,1H3,(H2,30,32)(H,31,34)/t26-/m0/s1. The van der Waals surface area contributed by atoms with Gasteiger partial charge in [0.1, 0.15) is 17.6 Å². The molecule has 0 fully saturated rings. The molecule has 0 radical (unpaired) electrons. The number of nitrogens with zero attached hydrogens (tertiary/aromatic N) is 1. The largest absolute Gasteiger partial charge is 0.465 e. The van der Waals surface area contributed by atoms with Crippen molar-refractivity contribution in [2.45, 2.75) is 17.9 Å². The molecule has 1 atom stereocenters. The fraction of sp³-hybridized carbons (Fsp3) is 0.138. The van der Waals surface area contributed by atoms with E-state index in [2.05, 4.69) is 26.9 Å². The molecule has 0 unspecified atom stereocenters. The SMILES string of the molecule is CCOC(=O)[C@H](CNC(=O)c1ccc(C#Cc2nc(N)cc3ccccc23)cc1)NS(=O)(=O)c1ccccc1. The number of rotatable bonds is 8. The van der Waals surface area contributed by atoms with Crippen molar-refractivity contribution in [3.05, 3.63) is 102 Å². The predicted molar refractivity (Wildman–Crippen MR) is 148 cm³/mol. The van der Waals surface area contributed by atoms with Crippen LogP contribution in [0.1, 0.15) is 28.5 Å². The summed E-state index contributed by atoms with van der Waals surface area (Å²) in [5.74, 6) is 5.14. The van der Waals surface area contributed by atoms with Crippen LogP contribution < -0.4 is 15.8 Å². The molecular formula is C29H26N4O5S. The number of esters is 1. The van der Waals surface area contributed by atoms with Crippen molar-refractivity contribution in [1.82, 2.24) is 15.0 Å². The van der Waals surface area contributed by atoms with Crippen molar-refractivity contribution in [2.24, 2.45) is 0 Å². The van der Waals surface area contributed by atoms with Crippen molar-refractivity contribution in [3.8, 4) is 11.8 Å². The van der Waals surface area contributed by atoms with E-state index in [1.54, 1.807) is 55.5 Å². The number of ether oxygens (including phenoxy) is 1. The molecular weight excluding hydrogens is 516 g/mol. The number of pyridine rings is 1. The molecule has 3 aromatic carbocycles. The summed E-state index contributed by atoms with van der Waals surface area (Å²) in [6.45, 7) is 1.36. The van der Waals surface area contributed by atoms with Gasteiger partial charge >= 0.3 is 5.97 Å². The maximum Gasteiger partial charge on any atom is 0.326 e. The quantitative estimate of drug-likeness (QED) is 0.230. The number of hydrogen-bond acceptors (Lipinski definition) is 7. The Balaban J connectivity index is 1.45. The number of aromatic nitrogens is 1. The van der Waals surface area contributed by atoms with Gasteiger partial charge in [0, 0.05) is 23.1 Å². The van der Waals surface area contributed by atoms with Gasteiger partial charge in [-0.1, -0.05) is 48.4 Å². The molecule has 0 aliphatic rings. The maximum absolute atomic E-state index is 12.7. The molecule has 1 amide bonds. The summed E-state index contributed by atoms with van der Waals surface area (Å²) in [4.78, 5) is 29.5. The molecule has 4 aromatic rings. The Labute approximate surface area is 226 Å². The Morgan fingerprint density at radius 1 is 0.974 bits per heavy atom. The van der Waals surface area contributed by atoms with Gasteiger partial charge in [0.15, 0.2) is 0 Å². The fourth-order valence-corrected chi connectivity index (χ4v) is 4.92. The number of hydrogen-bond donors (Lipinski definition) is 3.